The van der Waals surface area contributed by atoms with Crippen LogP contribution < -0.4 is 0 Å². The van der Waals surface area contributed by atoms with Crippen molar-refractivity contribution in [3.05, 3.63) is 28.5 Å². The minimum Gasteiger partial charge on any atom is -0.298 e. The molecule has 1 heterocycles. The van der Waals surface area contributed by atoms with E-state index in [1.807, 2.05) is 0 Å². The SMILES string of the molecule is O=C1CCCC(=O)C1C(=O)c1ccc(C(F)(F)F)c(Cl)n1. The van der Waals surface area contributed by atoms with E-state index in [2.05, 4.69) is 4.98 Å². The monoisotopic (exact) mass is 319 g/mol. The molecule has 0 amide bonds. The fourth-order valence-corrected chi connectivity index (χ4v) is 2.39. The molecule has 0 spiro atoms. The Morgan fingerprint density at radius 3 is 2.24 bits per heavy atom. The van der Waals surface area contributed by atoms with Gasteiger partial charge in [0, 0.05) is 12.8 Å². The lowest BCUT2D eigenvalue weighted by Crippen LogP contribution is -2.35. The molecule has 2 rings (SSSR count). The summed E-state index contributed by atoms with van der Waals surface area (Å²) >= 11 is 5.42. The zero-order chi connectivity index (χ0) is 15.8. The number of alkyl halides is 3. The number of aromatic nitrogens is 1. The number of ketones is 3. The summed E-state index contributed by atoms with van der Waals surface area (Å²) in [5.41, 5.74) is -1.59. The van der Waals surface area contributed by atoms with Gasteiger partial charge >= 0.3 is 6.18 Å². The largest absolute Gasteiger partial charge is 0.419 e. The average molecular weight is 320 g/mol. The van der Waals surface area contributed by atoms with Crippen molar-refractivity contribution in [2.24, 2.45) is 5.92 Å². The van der Waals surface area contributed by atoms with Gasteiger partial charge in [-0.2, -0.15) is 13.2 Å². The molecule has 1 saturated carbocycles. The third-order valence-electron chi connectivity index (χ3n) is 3.16. The van der Waals surface area contributed by atoms with Crippen LogP contribution in [-0.4, -0.2) is 22.3 Å². The maximum absolute atomic E-state index is 12.5. The molecule has 0 unspecified atom stereocenters. The van der Waals surface area contributed by atoms with E-state index in [0.717, 1.165) is 6.07 Å². The Morgan fingerprint density at radius 1 is 1.19 bits per heavy atom. The van der Waals surface area contributed by atoms with Crippen LogP contribution in [0.2, 0.25) is 5.15 Å². The molecule has 21 heavy (non-hydrogen) atoms. The van der Waals surface area contributed by atoms with Gasteiger partial charge < -0.3 is 0 Å². The predicted molar refractivity (Wildman–Crippen MR) is 65.9 cm³/mol. The zero-order valence-corrected chi connectivity index (χ0v) is 11.3. The van der Waals surface area contributed by atoms with Gasteiger partial charge in [-0.25, -0.2) is 4.98 Å². The fraction of sp³-hybridized carbons (Fsp3) is 0.385. The molecule has 1 aromatic heterocycles. The maximum atomic E-state index is 12.5. The smallest absolute Gasteiger partial charge is 0.298 e. The normalized spacial score (nSPS) is 17.1. The van der Waals surface area contributed by atoms with Crippen molar-refractivity contribution in [3.8, 4) is 0 Å². The summed E-state index contributed by atoms with van der Waals surface area (Å²) in [5, 5.41) is -0.885. The van der Waals surface area contributed by atoms with Gasteiger partial charge in [0.05, 0.1) is 5.56 Å². The number of hydrogen-bond donors (Lipinski definition) is 0. The number of Topliss-reactive ketones (excluding diaryl/α,β-unsaturated/α-hetero) is 3. The highest BCUT2D eigenvalue weighted by atomic mass is 35.5. The number of rotatable bonds is 2. The van der Waals surface area contributed by atoms with E-state index in [9.17, 15) is 27.6 Å². The summed E-state index contributed by atoms with van der Waals surface area (Å²) in [5.74, 6) is -3.44. The molecule has 1 aliphatic carbocycles. The van der Waals surface area contributed by atoms with Crippen LogP contribution in [0.15, 0.2) is 12.1 Å². The van der Waals surface area contributed by atoms with Gasteiger partial charge in [-0.3, -0.25) is 14.4 Å². The van der Waals surface area contributed by atoms with Gasteiger partial charge in [0.1, 0.15) is 16.8 Å². The summed E-state index contributed by atoms with van der Waals surface area (Å²) in [6.07, 6.45) is -4.13. The van der Waals surface area contributed by atoms with Crippen molar-refractivity contribution >= 4 is 29.0 Å². The first-order chi connectivity index (χ1) is 9.71. The number of hydrogen-bond acceptors (Lipinski definition) is 4. The molecular weight excluding hydrogens is 311 g/mol. The Bertz CT molecular complexity index is 612. The second-order valence-electron chi connectivity index (χ2n) is 4.62. The van der Waals surface area contributed by atoms with E-state index >= 15 is 0 Å². The van der Waals surface area contributed by atoms with Crippen molar-refractivity contribution in [2.45, 2.75) is 25.4 Å². The summed E-state index contributed by atoms with van der Waals surface area (Å²) in [4.78, 5) is 38.8. The molecule has 112 valence electrons. The van der Waals surface area contributed by atoms with Crippen molar-refractivity contribution < 1.29 is 27.6 Å². The van der Waals surface area contributed by atoms with Gasteiger partial charge in [0.25, 0.3) is 0 Å². The first kappa shape index (κ1) is 15.6. The average Bonchev–Trinajstić information content (AvgIpc) is 2.36. The third kappa shape index (κ3) is 3.12. The molecule has 0 aliphatic heterocycles. The summed E-state index contributed by atoms with van der Waals surface area (Å²) in [6, 6.07) is 1.44. The van der Waals surface area contributed by atoms with Gasteiger partial charge in [0.15, 0.2) is 17.3 Å². The molecule has 0 atom stereocenters. The van der Waals surface area contributed by atoms with Gasteiger partial charge in [-0.05, 0) is 18.6 Å². The highest BCUT2D eigenvalue weighted by molar-refractivity contribution is 6.31. The maximum Gasteiger partial charge on any atom is 0.419 e. The van der Waals surface area contributed by atoms with E-state index in [-0.39, 0.29) is 12.8 Å². The molecule has 0 aromatic carbocycles. The Balaban J connectivity index is 2.34. The predicted octanol–water partition coefficient (Wildman–Crippen LogP) is 2.87. The lowest BCUT2D eigenvalue weighted by molar-refractivity contribution is -0.138. The summed E-state index contributed by atoms with van der Waals surface area (Å²) < 4.78 is 37.6. The summed E-state index contributed by atoms with van der Waals surface area (Å²) in [7, 11) is 0. The Morgan fingerprint density at radius 2 is 1.76 bits per heavy atom. The molecule has 4 nitrogen and oxygen atoms in total. The quantitative estimate of drug-likeness (QED) is 0.477. The summed E-state index contributed by atoms with van der Waals surface area (Å²) in [6.45, 7) is 0. The van der Waals surface area contributed by atoms with Crippen molar-refractivity contribution in [1.29, 1.82) is 0 Å². The number of nitrogens with zero attached hydrogens (tertiary/aromatic N) is 1. The van der Waals surface area contributed by atoms with Crippen LogP contribution in [0.5, 0.6) is 0 Å². The van der Waals surface area contributed by atoms with E-state index in [1.54, 1.807) is 0 Å². The molecule has 1 aliphatic rings. The minimum absolute atomic E-state index is 0.0938. The van der Waals surface area contributed by atoms with Crippen molar-refractivity contribution in [3.63, 3.8) is 0 Å². The highest BCUT2D eigenvalue weighted by Crippen LogP contribution is 2.34. The third-order valence-corrected chi connectivity index (χ3v) is 3.45. The van der Waals surface area contributed by atoms with E-state index < -0.39 is 45.9 Å². The fourth-order valence-electron chi connectivity index (χ4n) is 2.13. The Kier molecular flexibility index (Phi) is 4.13. The topological polar surface area (TPSA) is 64.1 Å². The highest BCUT2D eigenvalue weighted by Gasteiger charge is 2.38. The molecule has 0 radical (unpaired) electrons. The Hall–Kier alpha value is -1.76. The van der Waals surface area contributed by atoms with Crippen LogP contribution in [0.4, 0.5) is 13.2 Å². The van der Waals surface area contributed by atoms with Crippen LogP contribution in [-0.2, 0) is 15.8 Å². The van der Waals surface area contributed by atoms with Gasteiger partial charge in [0.2, 0.25) is 0 Å². The van der Waals surface area contributed by atoms with Gasteiger partial charge in [-0.1, -0.05) is 11.6 Å². The second kappa shape index (κ2) is 5.55. The molecule has 1 fully saturated rings. The first-order valence-corrected chi connectivity index (χ1v) is 6.43. The van der Waals surface area contributed by atoms with E-state index in [4.69, 9.17) is 11.6 Å². The number of carbonyl (C=O) groups is 3. The lowest BCUT2D eigenvalue weighted by Gasteiger charge is -2.18. The van der Waals surface area contributed by atoms with Crippen LogP contribution in [0, 0.1) is 5.92 Å². The standard InChI is InChI=1S/C13H9ClF3NO3/c14-12-6(13(15,16)17)4-5-7(18-12)11(21)10-8(19)2-1-3-9(10)20/h4-5,10H,1-3H2. The van der Waals surface area contributed by atoms with Crippen LogP contribution in [0.25, 0.3) is 0 Å². The van der Waals surface area contributed by atoms with Gasteiger partial charge in [-0.15, -0.1) is 0 Å². The first-order valence-electron chi connectivity index (χ1n) is 6.05. The molecule has 8 heteroatoms. The lowest BCUT2D eigenvalue weighted by atomic mass is 9.83. The molecule has 0 N–H and O–H groups in total. The molecular formula is C13H9ClF3NO3. The number of pyridine rings is 1. The minimum atomic E-state index is -4.69. The van der Waals surface area contributed by atoms with E-state index in [0.29, 0.717) is 12.5 Å². The molecule has 0 bridgehead atoms. The number of carbonyl (C=O) groups excluding carboxylic acids is 3. The van der Waals surface area contributed by atoms with Crippen LogP contribution >= 0.6 is 11.6 Å². The molecule has 0 saturated heterocycles. The Labute approximate surface area is 122 Å². The van der Waals surface area contributed by atoms with Crippen LogP contribution in [0.1, 0.15) is 35.3 Å². The van der Waals surface area contributed by atoms with Crippen LogP contribution in [0.3, 0.4) is 0 Å². The second-order valence-corrected chi connectivity index (χ2v) is 4.97. The van der Waals surface area contributed by atoms with Crippen molar-refractivity contribution in [2.75, 3.05) is 0 Å². The van der Waals surface area contributed by atoms with Crippen molar-refractivity contribution in [1.82, 2.24) is 4.98 Å². The van der Waals surface area contributed by atoms with E-state index in [1.165, 1.54) is 0 Å². The zero-order valence-electron chi connectivity index (χ0n) is 10.5. The number of halogens is 4. The molecule has 1 aromatic rings.